The van der Waals surface area contributed by atoms with Crippen molar-refractivity contribution in [3.05, 3.63) is 59.4 Å². The monoisotopic (exact) mass is 413 g/mol. The minimum Gasteiger partial charge on any atom is -0.487 e. The first-order valence-electron chi connectivity index (χ1n) is 9.92. The van der Waals surface area contributed by atoms with E-state index in [1.165, 1.54) is 18.9 Å². The van der Waals surface area contributed by atoms with Crippen LogP contribution < -0.4 is 10.2 Å². The van der Waals surface area contributed by atoms with Gasteiger partial charge in [0.05, 0.1) is 17.9 Å². The first kappa shape index (κ1) is 23.3. The number of aryl methyl sites for hydroxylation is 1. The molecular weight excluding hydrogens is 382 g/mol. The standard InChI is InChI=1S/C23H31N3O4/c1-16-21(29-15-19-10-8-7-9-11-19)13-12-20(24-16)22(30-18(3)28)14-26(17(2)27)25-23(4,5)6/h7-13,22,25H,14-15H2,1-6H3. The number of hydrazine groups is 1. The molecule has 1 heterocycles. The number of hydrogen-bond donors (Lipinski definition) is 1. The van der Waals surface area contributed by atoms with E-state index in [-0.39, 0.29) is 18.0 Å². The van der Waals surface area contributed by atoms with Crippen molar-refractivity contribution in [2.24, 2.45) is 0 Å². The molecule has 30 heavy (non-hydrogen) atoms. The van der Waals surface area contributed by atoms with Gasteiger partial charge in [-0.1, -0.05) is 30.3 Å². The maximum atomic E-state index is 12.1. The lowest BCUT2D eigenvalue weighted by molar-refractivity contribution is -0.152. The maximum Gasteiger partial charge on any atom is 0.303 e. The molecule has 0 bridgehead atoms. The van der Waals surface area contributed by atoms with Gasteiger partial charge in [-0.3, -0.25) is 19.6 Å². The second-order valence-corrected chi connectivity index (χ2v) is 8.18. The summed E-state index contributed by atoms with van der Waals surface area (Å²) < 4.78 is 11.4. The van der Waals surface area contributed by atoms with E-state index in [4.69, 9.17) is 9.47 Å². The van der Waals surface area contributed by atoms with E-state index in [2.05, 4.69) is 10.4 Å². The van der Waals surface area contributed by atoms with Crippen LogP contribution in [-0.4, -0.2) is 34.0 Å². The summed E-state index contributed by atoms with van der Waals surface area (Å²) in [4.78, 5) is 28.4. The van der Waals surface area contributed by atoms with Gasteiger partial charge in [0.1, 0.15) is 12.4 Å². The normalized spacial score (nSPS) is 12.2. The lowest BCUT2D eigenvalue weighted by Crippen LogP contribution is -2.52. The predicted molar refractivity (Wildman–Crippen MR) is 115 cm³/mol. The molecule has 0 fully saturated rings. The van der Waals surface area contributed by atoms with Crippen molar-refractivity contribution in [3.8, 4) is 5.75 Å². The minimum atomic E-state index is -0.705. The van der Waals surface area contributed by atoms with Crippen molar-refractivity contribution < 1.29 is 19.1 Å². The van der Waals surface area contributed by atoms with Crippen LogP contribution in [0, 0.1) is 6.92 Å². The molecule has 2 aromatic rings. The molecule has 0 aliphatic rings. The molecule has 0 spiro atoms. The highest BCUT2D eigenvalue weighted by Crippen LogP contribution is 2.23. The molecule has 1 amide bonds. The lowest BCUT2D eigenvalue weighted by Gasteiger charge is -2.33. The highest BCUT2D eigenvalue weighted by molar-refractivity contribution is 5.73. The number of pyridine rings is 1. The quantitative estimate of drug-likeness (QED) is 0.525. The largest absolute Gasteiger partial charge is 0.487 e. The number of carbonyl (C=O) groups excluding carboxylic acids is 2. The predicted octanol–water partition coefficient (Wildman–Crippen LogP) is 3.72. The van der Waals surface area contributed by atoms with Crippen LogP contribution in [0.3, 0.4) is 0 Å². The van der Waals surface area contributed by atoms with E-state index in [1.54, 1.807) is 6.07 Å². The summed E-state index contributed by atoms with van der Waals surface area (Å²) in [5.41, 5.74) is 5.10. The number of rotatable bonds is 8. The van der Waals surface area contributed by atoms with Crippen molar-refractivity contribution in [1.29, 1.82) is 0 Å². The number of amides is 1. The van der Waals surface area contributed by atoms with Gasteiger partial charge >= 0.3 is 5.97 Å². The molecular formula is C23H31N3O4. The van der Waals surface area contributed by atoms with Crippen LogP contribution >= 0.6 is 0 Å². The molecule has 7 nitrogen and oxygen atoms in total. The van der Waals surface area contributed by atoms with Crippen LogP contribution in [0.15, 0.2) is 42.5 Å². The average molecular weight is 414 g/mol. The van der Waals surface area contributed by atoms with Gasteiger partial charge in [0.15, 0.2) is 6.10 Å². The summed E-state index contributed by atoms with van der Waals surface area (Å²) in [6.07, 6.45) is -0.705. The zero-order valence-corrected chi connectivity index (χ0v) is 18.6. The number of carbonyl (C=O) groups is 2. The van der Waals surface area contributed by atoms with E-state index >= 15 is 0 Å². The van der Waals surface area contributed by atoms with E-state index in [0.29, 0.717) is 23.7 Å². The number of benzene rings is 1. The van der Waals surface area contributed by atoms with Crippen LogP contribution in [0.1, 0.15) is 57.7 Å². The Morgan fingerprint density at radius 3 is 2.30 bits per heavy atom. The maximum absolute atomic E-state index is 12.1. The molecule has 1 unspecified atom stereocenters. The number of ether oxygens (including phenoxy) is 2. The highest BCUT2D eigenvalue weighted by atomic mass is 16.5. The summed E-state index contributed by atoms with van der Waals surface area (Å²) in [5.74, 6) is 0.0325. The summed E-state index contributed by atoms with van der Waals surface area (Å²) in [6, 6.07) is 13.4. The first-order chi connectivity index (χ1) is 14.0. The molecule has 1 atom stereocenters. The number of nitrogens with one attached hydrogen (secondary N) is 1. The summed E-state index contributed by atoms with van der Waals surface area (Å²) in [6.45, 7) is 11.1. The number of nitrogens with zero attached hydrogens (tertiary/aromatic N) is 2. The summed E-state index contributed by atoms with van der Waals surface area (Å²) in [7, 11) is 0. The van der Waals surface area contributed by atoms with E-state index in [1.807, 2.05) is 64.1 Å². The van der Waals surface area contributed by atoms with Gasteiger partial charge in [-0.15, -0.1) is 0 Å². The Morgan fingerprint density at radius 1 is 1.10 bits per heavy atom. The van der Waals surface area contributed by atoms with Gasteiger partial charge in [0, 0.05) is 19.4 Å². The third-order valence-corrected chi connectivity index (χ3v) is 4.13. The third-order valence-electron chi connectivity index (χ3n) is 4.13. The Hall–Kier alpha value is -2.93. The van der Waals surface area contributed by atoms with Gasteiger partial charge in [0.25, 0.3) is 0 Å². The lowest BCUT2D eigenvalue weighted by atomic mass is 10.1. The zero-order chi connectivity index (χ0) is 22.3. The Balaban J connectivity index is 2.19. The Bertz CT molecular complexity index is 862. The van der Waals surface area contributed by atoms with Gasteiger partial charge < -0.3 is 9.47 Å². The smallest absolute Gasteiger partial charge is 0.303 e. The van der Waals surface area contributed by atoms with Gasteiger partial charge in [-0.25, -0.2) is 5.43 Å². The first-order valence-corrected chi connectivity index (χ1v) is 9.92. The number of aromatic nitrogens is 1. The molecule has 1 aromatic heterocycles. The van der Waals surface area contributed by atoms with Crippen molar-refractivity contribution in [3.63, 3.8) is 0 Å². The fraction of sp³-hybridized carbons (Fsp3) is 0.435. The van der Waals surface area contributed by atoms with E-state index in [9.17, 15) is 9.59 Å². The van der Waals surface area contributed by atoms with Crippen molar-refractivity contribution in [2.45, 2.75) is 59.8 Å². The molecule has 1 N–H and O–H groups in total. The number of hydrogen-bond acceptors (Lipinski definition) is 6. The van der Waals surface area contributed by atoms with Crippen LogP contribution in [0.4, 0.5) is 0 Å². The van der Waals surface area contributed by atoms with Gasteiger partial charge in [0.2, 0.25) is 5.91 Å². The van der Waals surface area contributed by atoms with Crippen LogP contribution in [0.2, 0.25) is 0 Å². The number of esters is 1. The fourth-order valence-corrected chi connectivity index (χ4v) is 2.85. The summed E-state index contributed by atoms with van der Waals surface area (Å²) in [5, 5.41) is 1.45. The van der Waals surface area contributed by atoms with Gasteiger partial charge in [-0.2, -0.15) is 0 Å². The van der Waals surface area contributed by atoms with Crippen molar-refractivity contribution >= 4 is 11.9 Å². The molecule has 162 valence electrons. The summed E-state index contributed by atoms with van der Waals surface area (Å²) >= 11 is 0. The SMILES string of the molecule is CC(=O)OC(CN(NC(C)(C)C)C(C)=O)c1ccc(OCc2ccccc2)c(C)n1. The Labute approximate surface area is 178 Å². The third kappa shape index (κ3) is 7.48. The van der Waals surface area contributed by atoms with Crippen molar-refractivity contribution in [2.75, 3.05) is 6.54 Å². The Morgan fingerprint density at radius 2 is 1.77 bits per heavy atom. The second kappa shape index (κ2) is 10.2. The molecule has 7 heteroatoms. The topological polar surface area (TPSA) is 80.8 Å². The molecule has 0 saturated heterocycles. The van der Waals surface area contributed by atoms with E-state index in [0.717, 1.165) is 5.56 Å². The second-order valence-electron chi connectivity index (χ2n) is 8.18. The molecule has 0 aliphatic carbocycles. The van der Waals surface area contributed by atoms with Crippen molar-refractivity contribution in [1.82, 2.24) is 15.4 Å². The molecule has 0 radical (unpaired) electrons. The van der Waals surface area contributed by atoms with Crippen LogP contribution in [0.5, 0.6) is 5.75 Å². The highest BCUT2D eigenvalue weighted by Gasteiger charge is 2.25. The Kier molecular flexibility index (Phi) is 7.94. The molecule has 2 rings (SSSR count). The molecule has 1 aromatic carbocycles. The molecule has 0 saturated carbocycles. The average Bonchev–Trinajstić information content (AvgIpc) is 2.65. The minimum absolute atomic E-state index is 0.142. The van der Waals surface area contributed by atoms with Crippen LogP contribution in [0.25, 0.3) is 0 Å². The fourth-order valence-electron chi connectivity index (χ4n) is 2.85. The van der Waals surface area contributed by atoms with Gasteiger partial charge in [-0.05, 0) is 45.4 Å². The van der Waals surface area contributed by atoms with Crippen LogP contribution in [-0.2, 0) is 20.9 Å². The zero-order valence-electron chi connectivity index (χ0n) is 18.6. The molecule has 0 aliphatic heterocycles. The van der Waals surface area contributed by atoms with E-state index < -0.39 is 12.1 Å².